The first-order valence-electron chi connectivity index (χ1n) is 7.82. The lowest BCUT2D eigenvalue weighted by molar-refractivity contribution is 0.0610. The zero-order valence-corrected chi connectivity index (χ0v) is 14.6. The van der Waals surface area contributed by atoms with Gasteiger partial charge in [-0.15, -0.1) is 0 Å². The molecular formula is C17H15F3N6O2. The monoisotopic (exact) mass is 392 g/mol. The Balaban J connectivity index is 2.21. The maximum atomic E-state index is 14.5. The number of alkyl halides is 2. The summed E-state index contributed by atoms with van der Waals surface area (Å²) in [7, 11) is 1.25. The lowest BCUT2D eigenvalue weighted by Crippen LogP contribution is -2.30. The lowest BCUT2D eigenvalue weighted by atomic mass is 10.1. The highest BCUT2D eigenvalue weighted by Gasteiger charge is 2.30. The summed E-state index contributed by atoms with van der Waals surface area (Å²) in [4.78, 5) is 23.1. The summed E-state index contributed by atoms with van der Waals surface area (Å²) in [5.74, 6) is -1.97. The fraction of sp³-hybridized carbons (Fsp3) is 0.235. The second-order valence-electron chi connectivity index (χ2n) is 5.34. The van der Waals surface area contributed by atoms with Crippen molar-refractivity contribution in [1.82, 2.24) is 9.97 Å². The number of amidine groups is 1. The molecule has 0 aliphatic carbocycles. The SMILES string of the molecule is C/N=C(/N)O[C@H](CF)[C@H](F)c1nc(NC(=O)c2ccc(C#N)cn2)ccc1F. The predicted molar refractivity (Wildman–Crippen MR) is 93.3 cm³/mol. The van der Waals surface area contributed by atoms with Crippen molar-refractivity contribution in [1.29, 1.82) is 5.26 Å². The van der Waals surface area contributed by atoms with Crippen LogP contribution in [-0.2, 0) is 4.74 Å². The van der Waals surface area contributed by atoms with Crippen molar-refractivity contribution < 1.29 is 22.7 Å². The minimum Gasteiger partial charge on any atom is -0.456 e. The van der Waals surface area contributed by atoms with E-state index in [1.54, 1.807) is 0 Å². The number of anilines is 1. The van der Waals surface area contributed by atoms with E-state index in [9.17, 15) is 18.0 Å². The molecule has 2 aromatic rings. The molecule has 0 bridgehead atoms. The van der Waals surface area contributed by atoms with Gasteiger partial charge in [-0.1, -0.05) is 0 Å². The Bertz CT molecular complexity index is 914. The van der Waals surface area contributed by atoms with E-state index in [4.69, 9.17) is 15.7 Å². The van der Waals surface area contributed by atoms with E-state index in [1.807, 2.05) is 6.07 Å². The molecule has 0 unspecified atom stereocenters. The predicted octanol–water partition coefficient (Wildman–Crippen LogP) is 2.05. The normalized spacial score (nSPS) is 13.3. The molecule has 11 heteroatoms. The number of aliphatic imine (C=N–C) groups is 1. The van der Waals surface area contributed by atoms with Gasteiger partial charge in [0.1, 0.15) is 35.8 Å². The van der Waals surface area contributed by atoms with E-state index < -0.39 is 42.4 Å². The third kappa shape index (κ3) is 4.94. The molecule has 2 atom stereocenters. The van der Waals surface area contributed by atoms with Crippen LogP contribution in [0, 0.1) is 17.1 Å². The number of nitrogens with zero attached hydrogens (tertiary/aromatic N) is 4. The molecule has 146 valence electrons. The number of nitrogens with two attached hydrogens (primary N) is 1. The Morgan fingerprint density at radius 1 is 1.43 bits per heavy atom. The zero-order chi connectivity index (χ0) is 20.7. The van der Waals surface area contributed by atoms with Crippen LogP contribution >= 0.6 is 0 Å². The molecule has 0 aliphatic heterocycles. The third-order valence-corrected chi connectivity index (χ3v) is 3.47. The maximum absolute atomic E-state index is 14.5. The average molecular weight is 392 g/mol. The number of amides is 1. The molecule has 28 heavy (non-hydrogen) atoms. The summed E-state index contributed by atoms with van der Waals surface area (Å²) in [6.07, 6.45) is -2.88. The molecule has 0 fully saturated rings. The van der Waals surface area contributed by atoms with E-state index in [2.05, 4.69) is 20.3 Å². The molecule has 2 aromatic heterocycles. The molecule has 8 nitrogen and oxygen atoms in total. The number of aromatic nitrogens is 2. The van der Waals surface area contributed by atoms with Crippen LogP contribution in [0.25, 0.3) is 0 Å². The number of nitrogens with one attached hydrogen (secondary N) is 1. The molecule has 0 spiro atoms. The van der Waals surface area contributed by atoms with Crippen molar-refractivity contribution in [2.45, 2.75) is 12.3 Å². The van der Waals surface area contributed by atoms with Crippen LogP contribution in [0.4, 0.5) is 19.0 Å². The van der Waals surface area contributed by atoms with Gasteiger partial charge in [-0.2, -0.15) is 5.26 Å². The number of carbonyl (C=O) groups is 1. The highest BCUT2D eigenvalue weighted by atomic mass is 19.1. The van der Waals surface area contributed by atoms with E-state index in [-0.39, 0.29) is 17.1 Å². The van der Waals surface area contributed by atoms with Crippen LogP contribution in [0.5, 0.6) is 0 Å². The fourth-order valence-corrected chi connectivity index (χ4v) is 2.05. The summed E-state index contributed by atoms with van der Waals surface area (Å²) >= 11 is 0. The van der Waals surface area contributed by atoms with Gasteiger partial charge in [-0.05, 0) is 24.3 Å². The Labute approximate surface area is 157 Å². The van der Waals surface area contributed by atoms with Gasteiger partial charge in [-0.3, -0.25) is 4.79 Å². The van der Waals surface area contributed by atoms with Gasteiger partial charge in [0.05, 0.1) is 5.56 Å². The van der Waals surface area contributed by atoms with Gasteiger partial charge in [0.15, 0.2) is 12.3 Å². The van der Waals surface area contributed by atoms with Crippen molar-refractivity contribution in [3.8, 4) is 6.07 Å². The second kappa shape index (κ2) is 9.31. The van der Waals surface area contributed by atoms with Crippen LogP contribution in [0.1, 0.15) is 27.9 Å². The summed E-state index contributed by atoms with van der Waals surface area (Å²) in [5, 5.41) is 11.0. The lowest BCUT2D eigenvalue weighted by Gasteiger charge is -2.19. The smallest absolute Gasteiger partial charge is 0.282 e. The number of rotatable bonds is 6. The van der Waals surface area contributed by atoms with Crippen molar-refractivity contribution in [3.63, 3.8) is 0 Å². The highest BCUT2D eigenvalue weighted by Crippen LogP contribution is 2.26. The number of carbonyl (C=O) groups excluding carboxylic acids is 1. The van der Waals surface area contributed by atoms with Crippen molar-refractivity contribution in [3.05, 3.63) is 53.2 Å². The molecule has 0 radical (unpaired) electrons. The molecule has 2 heterocycles. The molecule has 2 rings (SSSR count). The molecule has 3 N–H and O–H groups in total. The van der Waals surface area contributed by atoms with Crippen molar-refractivity contribution in [2.24, 2.45) is 10.7 Å². The van der Waals surface area contributed by atoms with Crippen molar-refractivity contribution in [2.75, 3.05) is 19.0 Å². The number of hydrogen-bond acceptors (Lipinski definition) is 6. The summed E-state index contributed by atoms with van der Waals surface area (Å²) in [6, 6.07) is 6.03. The fourth-order valence-electron chi connectivity index (χ4n) is 2.05. The van der Waals surface area contributed by atoms with Gasteiger partial charge in [0, 0.05) is 13.2 Å². The summed E-state index contributed by atoms with van der Waals surface area (Å²) in [5.41, 5.74) is 4.73. The number of ether oxygens (including phenoxy) is 1. The van der Waals surface area contributed by atoms with E-state index in [0.717, 1.165) is 12.1 Å². The Hall–Kier alpha value is -3.68. The number of nitriles is 1. The number of halogens is 3. The van der Waals surface area contributed by atoms with E-state index in [0.29, 0.717) is 0 Å². The standard InChI is InChI=1S/C17H15F3N6O2/c1-23-17(22)28-12(6-18)14(20)15-10(19)3-5-13(25-15)26-16(27)11-4-2-9(7-21)8-24-11/h2-5,8,12,14H,6H2,1H3,(H2,22,23)(H,25,26,27)/t12-,14+/m1/s1. The van der Waals surface area contributed by atoms with Gasteiger partial charge >= 0.3 is 0 Å². The van der Waals surface area contributed by atoms with Gasteiger partial charge < -0.3 is 15.8 Å². The minimum atomic E-state index is -2.31. The third-order valence-electron chi connectivity index (χ3n) is 3.47. The van der Waals surface area contributed by atoms with Crippen molar-refractivity contribution >= 4 is 17.7 Å². The molecule has 0 saturated carbocycles. The second-order valence-corrected chi connectivity index (χ2v) is 5.34. The Kier molecular flexibility index (Phi) is 6.86. The summed E-state index contributed by atoms with van der Waals surface area (Å²) < 4.78 is 46.4. The van der Waals surface area contributed by atoms with E-state index in [1.165, 1.54) is 25.4 Å². The van der Waals surface area contributed by atoms with Crippen LogP contribution in [-0.4, -0.2) is 41.7 Å². The molecule has 0 aliphatic rings. The zero-order valence-electron chi connectivity index (χ0n) is 14.6. The topological polar surface area (TPSA) is 126 Å². The minimum absolute atomic E-state index is 0.0413. The maximum Gasteiger partial charge on any atom is 0.282 e. The van der Waals surface area contributed by atoms with Crippen LogP contribution in [0.2, 0.25) is 0 Å². The van der Waals surface area contributed by atoms with Gasteiger partial charge in [-0.25, -0.2) is 28.1 Å². The molecule has 0 saturated heterocycles. The van der Waals surface area contributed by atoms with Gasteiger partial charge in [0.25, 0.3) is 11.9 Å². The highest BCUT2D eigenvalue weighted by molar-refractivity contribution is 6.02. The largest absolute Gasteiger partial charge is 0.456 e. The quantitative estimate of drug-likeness (QED) is 0.572. The Morgan fingerprint density at radius 2 is 2.18 bits per heavy atom. The number of hydrogen-bond donors (Lipinski definition) is 2. The molecule has 1 amide bonds. The average Bonchev–Trinajstić information content (AvgIpc) is 2.72. The van der Waals surface area contributed by atoms with Crippen LogP contribution in [0.3, 0.4) is 0 Å². The Morgan fingerprint density at radius 3 is 2.75 bits per heavy atom. The first-order valence-corrected chi connectivity index (χ1v) is 7.82. The first kappa shape index (κ1) is 20.6. The molecular weight excluding hydrogens is 377 g/mol. The van der Waals surface area contributed by atoms with Crippen LogP contribution < -0.4 is 11.1 Å². The van der Waals surface area contributed by atoms with Gasteiger partial charge in [0.2, 0.25) is 0 Å². The summed E-state index contributed by atoms with van der Waals surface area (Å²) in [6.45, 7) is -1.32. The first-order chi connectivity index (χ1) is 13.4. The van der Waals surface area contributed by atoms with E-state index >= 15 is 0 Å². The van der Waals surface area contributed by atoms with Crippen LogP contribution in [0.15, 0.2) is 35.5 Å². The number of pyridine rings is 2. The molecule has 0 aromatic carbocycles.